The van der Waals surface area contributed by atoms with E-state index in [0.717, 1.165) is 37.5 Å². The van der Waals surface area contributed by atoms with Crippen LogP contribution in [0.4, 0.5) is 5.69 Å². The Hall–Kier alpha value is -0.770. The van der Waals surface area contributed by atoms with E-state index in [-0.39, 0.29) is 6.61 Å². The van der Waals surface area contributed by atoms with Gasteiger partial charge in [0.15, 0.2) is 0 Å². The van der Waals surface area contributed by atoms with Crippen LogP contribution in [0.5, 0.6) is 0 Å². The van der Waals surface area contributed by atoms with Crippen molar-refractivity contribution in [3.8, 4) is 0 Å². The van der Waals surface area contributed by atoms with Crippen LogP contribution in [0.1, 0.15) is 18.4 Å². The number of anilines is 1. The zero-order valence-corrected chi connectivity index (χ0v) is 11.6. The van der Waals surface area contributed by atoms with E-state index >= 15 is 0 Å². The number of hydrogen-bond acceptors (Lipinski definition) is 3. The van der Waals surface area contributed by atoms with Gasteiger partial charge in [-0.2, -0.15) is 0 Å². The largest absolute Gasteiger partial charge is 0.396 e. The van der Waals surface area contributed by atoms with Gasteiger partial charge >= 0.3 is 0 Å². The van der Waals surface area contributed by atoms with E-state index in [1.54, 1.807) is 0 Å². The lowest BCUT2D eigenvalue weighted by Gasteiger charge is -2.35. The summed E-state index contributed by atoms with van der Waals surface area (Å²) in [6, 6.07) is 6.06. The number of aliphatic hydroxyl groups is 1. The molecule has 1 aliphatic rings. The molecule has 1 aliphatic heterocycles. The van der Waals surface area contributed by atoms with E-state index in [1.807, 2.05) is 19.2 Å². The fraction of sp³-hybridized carbons (Fsp3) is 0.571. The number of hydrogen-bond donors (Lipinski definition) is 2. The zero-order valence-electron chi connectivity index (χ0n) is 10.8. The van der Waals surface area contributed by atoms with Gasteiger partial charge in [0.05, 0.1) is 0 Å². The third-order valence-electron chi connectivity index (χ3n) is 3.53. The topological polar surface area (TPSA) is 35.5 Å². The maximum atomic E-state index is 9.31. The molecular formula is C14H21ClN2O. The van der Waals surface area contributed by atoms with Crippen molar-refractivity contribution in [2.75, 3.05) is 31.6 Å². The third kappa shape index (κ3) is 3.16. The first kappa shape index (κ1) is 13.7. The molecule has 18 heavy (non-hydrogen) atoms. The molecule has 1 aromatic rings. The van der Waals surface area contributed by atoms with Crippen molar-refractivity contribution in [1.29, 1.82) is 0 Å². The fourth-order valence-electron chi connectivity index (χ4n) is 2.63. The highest BCUT2D eigenvalue weighted by molar-refractivity contribution is 6.30. The van der Waals surface area contributed by atoms with Crippen molar-refractivity contribution in [3.63, 3.8) is 0 Å². The molecule has 1 saturated heterocycles. The van der Waals surface area contributed by atoms with Crippen LogP contribution in [0.2, 0.25) is 5.02 Å². The number of aliphatic hydroxyl groups excluding tert-OH is 1. The van der Waals surface area contributed by atoms with E-state index in [4.69, 9.17) is 11.6 Å². The van der Waals surface area contributed by atoms with E-state index in [9.17, 15) is 5.11 Å². The summed E-state index contributed by atoms with van der Waals surface area (Å²) in [6.45, 7) is 3.10. The van der Waals surface area contributed by atoms with Crippen molar-refractivity contribution in [2.45, 2.75) is 19.4 Å². The molecule has 0 saturated carbocycles. The lowest BCUT2D eigenvalue weighted by Crippen LogP contribution is -2.37. The highest BCUT2D eigenvalue weighted by atomic mass is 35.5. The molecule has 4 heteroatoms. The molecule has 100 valence electrons. The first-order valence-electron chi connectivity index (χ1n) is 6.53. The second-order valence-electron chi connectivity index (χ2n) is 4.94. The summed E-state index contributed by atoms with van der Waals surface area (Å²) < 4.78 is 0. The van der Waals surface area contributed by atoms with Gasteiger partial charge in [0, 0.05) is 37.0 Å². The number of piperidine rings is 1. The van der Waals surface area contributed by atoms with E-state index in [1.165, 1.54) is 11.3 Å². The van der Waals surface area contributed by atoms with Gasteiger partial charge in [-0.15, -0.1) is 0 Å². The van der Waals surface area contributed by atoms with Gasteiger partial charge in [0.25, 0.3) is 0 Å². The summed E-state index contributed by atoms with van der Waals surface area (Å²) in [6.07, 6.45) is 2.27. The van der Waals surface area contributed by atoms with Gasteiger partial charge in [-0.05, 0) is 49.6 Å². The molecule has 1 aromatic carbocycles. The molecule has 0 radical (unpaired) electrons. The van der Waals surface area contributed by atoms with E-state index in [2.05, 4.69) is 16.3 Å². The summed E-state index contributed by atoms with van der Waals surface area (Å²) in [5, 5.41) is 13.3. The molecular weight excluding hydrogens is 248 g/mol. The molecule has 1 atom stereocenters. The fourth-order valence-corrected chi connectivity index (χ4v) is 2.82. The predicted molar refractivity (Wildman–Crippen MR) is 76.2 cm³/mol. The average molecular weight is 269 g/mol. The summed E-state index contributed by atoms with van der Waals surface area (Å²) in [5.74, 6) is 0.400. The predicted octanol–water partition coefficient (Wildman–Crippen LogP) is 2.27. The lowest BCUT2D eigenvalue weighted by molar-refractivity contribution is 0.208. The minimum atomic E-state index is 0.283. The van der Waals surface area contributed by atoms with Crippen LogP contribution in [-0.4, -0.2) is 31.9 Å². The van der Waals surface area contributed by atoms with Crippen molar-refractivity contribution in [3.05, 3.63) is 28.8 Å². The van der Waals surface area contributed by atoms with Gasteiger partial charge in [-0.1, -0.05) is 11.6 Å². The number of nitrogens with one attached hydrogen (secondary N) is 1. The highest BCUT2D eigenvalue weighted by Gasteiger charge is 2.21. The third-order valence-corrected chi connectivity index (χ3v) is 3.76. The Morgan fingerprint density at radius 3 is 3.06 bits per heavy atom. The lowest BCUT2D eigenvalue weighted by atomic mass is 9.97. The summed E-state index contributed by atoms with van der Waals surface area (Å²) in [5.41, 5.74) is 2.47. The van der Waals surface area contributed by atoms with Crippen molar-refractivity contribution >= 4 is 17.3 Å². The molecule has 0 spiro atoms. The Balaban J connectivity index is 2.20. The normalized spacial score (nSPS) is 20.2. The maximum Gasteiger partial charge on any atom is 0.0476 e. The molecule has 1 unspecified atom stereocenters. The second-order valence-corrected chi connectivity index (χ2v) is 5.38. The Morgan fingerprint density at radius 1 is 1.50 bits per heavy atom. The van der Waals surface area contributed by atoms with Gasteiger partial charge in [-0.25, -0.2) is 0 Å². The van der Waals surface area contributed by atoms with Gasteiger partial charge in [0.1, 0.15) is 0 Å². The van der Waals surface area contributed by atoms with Gasteiger partial charge < -0.3 is 15.3 Å². The smallest absolute Gasteiger partial charge is 0.0476 e. The molecule has 1 heterocycles. The first-order chi connectivity index (χ1) is 8.74. The Labute approximate surface area is 114 Å². The summed E-state index contributed by atoms with van der Waals surface area (Å²) in [7, 11) is 1.94. The quantitative estimate of drug-likeness (QED) is 0.879. The monoisotopic (exact) mass is 268 g/mol. The van der Waals surface area contributed by atoms with Crippen LogP contribution < -0.4 is 10.2 Å². The number of nitrogens with zero attached hydrogens (tertiary/aromatic N) is 1. The van der Waals surface area contributed by atoms with Gasteiger partial charge in [0.2, 0.25) is 0 Å². The van der Waals surface area contributed by atoms with Crippen molar-refractivity contribution in [1.82, 2.24) is 5.32 Å². The van der Waals surface area contributed by atoms with Crippen LogP contribution >= 0.6 is 11.6 Å². The van der Waals surface area contributed by atoms with Crippen LogP contribution in [-0.2, 0) is 6.54 Å². The highest BCUT2D eigenvalue weighted by Crippen LogP contribution is 2.28. The Bertz CT molecular complexity index is 397. The first-order valence-corrected chi connectivity index (χ1v) is 6.91. The van der Waals surface area contributed by atoms with Crippen LogP contribution in [0.15, 0.2) is 18.2 Å². The summed E-state index contributed by atoms with van der Waals surface area (Å²) in [4.78, 5) is 2.37. The van der Waals surface area contributed by atoms with Crippen LogP contribution in [0.25, 0.3) is 0 Å². The number of halogens is 1. The van der Waals surface area contributed by atoms with Crippen molar-refractivity contribution < 1.29 is 5.11 Å². The second kappa shape index (κ2) is 6.41. The molecule has 0 bridgehead atoms. The minimum Gasteiger partial charge on any atom is -0.396 e. The van der Waals surface area contributed by atoms with Gasteiger partial charge in [-0.3, -0.25) is 0 Å². The molecule has 0 aromatic heterocycles. The summed E-state index contributed by atoms with van der Waals surface area (Å²) >= 11 is 6.06. The molecule has 2 rings (SSSR count). The molecule has 0 aliphatic carbocycles. The van der Waals surface area contributed by atoms with Crippen molar-refractivity contribution in [2.24, 2.45) is 5.92 Å². The SMILES string of the molecule is CNCc1cc(Cl)ccc1N1CCCC(CO)C1. The number of benzene rings is 1. The zero-order chi connectivity index (χ0) is 13.0. The minimum absolute atomic E-state index is 0.283. The van der Waals surface area contributed by atoms with Crippen LogP contribution in [0, 0.1) is 5.92 Å². The molecule has 0 amide bonds. The standard InChI is InChI=1S/C14H21ClN2O/c1-16-8-12-7-13(15)4-5-14(12)17-6-2-3-11(9-17)10-18/h4-5,7,11,16,18H,2-3,6,8-10H2,1H3. The van der Waals surface area contributed by atoms with E-state index < -0.39 is 0 Å². The molecule has 1 fully saturated rings. The Morgan fingerprint density at radius 2 is 2.33 bits per heavy atom. The molecule has 2 N–H and O–H groups in total. The maximum absolute atomic E-state index is 9.31. The number of rotatable bonds is 4. The average Bonchev–Trinajstić information content (AvgIpc) is 2.39. The Kier molecular flexibility index (Phi) is 4.87. The molecule has 3 nitrogen and oxygen atoms in total. The van der Waals surface area contributed by atoms with Crippen LogP contribution in [0.3, 0.4) is 0 Å². The van der Waals surface area contributed by atoms with E-state index in [0.29, 0.717) is 5.92 Å².